The molecule has 2 aromatic heterocycles. The molecule has 0 fully saturated rings. The fourth-order valence-corrected chi connectivity index (χ4v) is 3.22. The Hall–Kier alpha value is -2.85. The number of nitrogens with two attached hydrogens (primary N) is 1. The van der Waals surface area contributed by atoms with Gasteiger partial charge in [0.2, 0.25) is 0 Å². The van der Waals surface area contributed by atoms with E-state index in [9.17, 15) is 4.79 Å². The monoisotopic (exact) mass is 338 g/mol. The van der Waals surface area contributed by atoms with Gasteiger partial charge in [0, 0.05) is 5.39 Å². The Morgan fingerprint density at radius 2 is 1.83 bits per heavy atom. The molecule has 0 radical (unpaired) electrons. The number of para-hydroxylation sites is 1. The topological polar surface area (TPSA) is 75.1 Å². The highest BCUT2D eigenvalue weighted by Gasteiger charge is 2.18. The highest BCUT2D eigenvalue weighted by atomic mass is 31.0. The second kappa shape index (κ2) is 5.35. The van der Waals surface area contributed by atoms with Crippen LogP contribution in [-0.2, 0) is 0 Å². The van der Waals surface area contributed by atoms with Crippen LogP contribution in [-0.4, -0.2) is 21.2 Å². The number of anilines is 1. The van der Waals surface area contributed by atoms with Crippen molar-refractivity contribution in [2.45, 2.75) is 0 Å². The molecule has 4 rings (SSSR count). The van der Waals surface area contributed by atoms with Gasteiger partial charge in [-0.05, 0) is 39.7 Å². The minimum atomic E-state index is -0.189. The number of benzene rings is 2. The van der Waals surface area contributed by atoms with E-state index in [0.717, 1.165) is 22.3 Å². The van der Waals surface area contributed by atoms with Crippen molar-refractivity contribution in [3.8, 4) is 11.4 Å². The first-order valence-electron chi connectivity index (χ1n) is 7.33. The maximum Gasteiger partial charge on any atom is 0.267 e. The Balaban J connectivity index is 2.09. The third-order valence-corrected chi connectivity index (χ3v) is 4.60. The number of methoxy groups -OCH3 is 1. The lowest BCUT2D eigenvalue weighted by Crippen LogP contribution is -2.13. The number of fused-ring (bicyclic) bond motifs is 3. The molecule has 2 heterocycles. The van der Waals surface area contributed by atoms with Crippen molar-refractivity contribution in [2.75, 3.05) is 12.8 Å². The van der Waals surface area contributed by atoms with E-state index in [1.165, 1.54) is 4.34 Å². The smallest absolute Gasteiger partial charge is 0.267 e. The fraction of sp³-hybridized carbons (Fsp3) is 0.0588. The standard InChI is InChI=1S/C17H15N4O2P/c1-23-11-8-6-10(7-9-11)20-16(18)14-15(19-20)12-4-2-3-5-13(12)21(24)17(14)22/h2-9H,18,24H2,1H3. The van der Waals surface area contributed by atoms with Gasteiger partial charge >= 0.3 is 0 Å². The summed E-state index contributed by atoms with van der Waals surface area (Å²) in [5, 5.41) is 5.89. The summed E-state index contributed by atoms with van der Waals surface area (Å²) in [5.74, 6) is 1.06. The zero-order valence-electron chi connectivity index (χ0n) is 12.9. The molecule has 2 aromatic carbocycles. The van der Waals surface area contributed by atoms with Crippen LogP contribution in [0, 0.1) is 0 Å². The van der Waals surface area contributed by atoms with Crippen molar-refractivity contribution in [2.24, 2.45) is 0 Å². The van der Waals surface area contributed by atoms with Gasteiger partial charge in [-0.25, -0.2) is 4.68 Å². The van der Waals surface area contributed by atoms with Crippen LogP contribution in [0.3, 0.4) is 0 Å². The molecule has 0 amide bonds. The van der Waals surface area contributed by atoms with E-state index >= 15 is 0 Å². The highest BCUT2D eigenvalue weighted by Crippen LogP contribution is 2.28. The summed E-state index contributed by atoms with van der Waals surface area (Å²) in [5.41, 5.74) is 8.22. The van der Waals surface area contributed by atoms with Gasteiger partial charge in [-0.2, -0.15) is 5.10 Å². The second-order valence-electron chi connectivity index (χ2n) is 5.41. The van der Waals surface area contributed by atoms with Crippen LogP contribution in [0.4, 0.5) is 5.82 Å². The van der Waals surface area contributed by atoms with Crippen molar-refractivity contribution >= 4 is 37.0 Å². The highest BCUT2D eigenvalue weighted by molar-refractivity contribution is 7.14. The molecule has 1 unspecified atom stereocenters. The number of rotatable bonds is 2. The van der Waals surface area contributed by atoms with Crippen LogP contribution in [0.25, 0.3) is 27.5 Å². The second-order valence-corrected chi connectivity index (χ2v) is 5.93. The molecule has 6 nitrogen and oxygen atoms in total. The predicted octanol–water partition coefficient (Wildman–Crippen LogP) is 2.57. The zero-order valence-corrected chi connectivity index (χ0v) is 14.1. The van der Waals surface area contributed by atoms with Crippen molar-refractivity contribution in [1.82, 2.24) is 14.1 Å². The molecule has 0 spiro atoms. The van der Waals surface area contributed by atoms with Gasteiger partial charge in [-0.15, -0.1) is 0 Å². The molecule has 0 aliphatic rings. The Morgan fingerprint density at radius 1 is 1.12 bits per heavy atom. The molecule has 0 aliphatic heterocycles. The van der Waals surface area contributed by atoms with Gasteiger partial charge in [0.25, 0.3) is 5.56 Å². The van der Waals surface area contributed by atoms with E-state index in [1.54, 1.807) is 11.8 Å². The third-order valence-electron chi connectivity index (χ3n) is 4.09. The maximum atomic E-state index is 12.7. The fourth-order valence-electron chi connectivity index (χ4n) is 2.86. The Kier molecular flexibility index (Phi) is 3.28. The lowest BCUT2D eigenvalue weighted by atomic mass is 10.1. The Bertz CT molecular complexity index is 1130. The lowest BCUT2D eigenvalue weighted by molar-refractivity contribution is 0.414. The SMILES string of the molecule is COc1ccc(-n2nc3c(c2N)c(=O)n(P)c2ccccc32)cc1. The molecular formula is C17H15N4O2P. The van der Waals surface area contributed by atoms with Crippen LogP contribution in [0.5, 0.6) is 5.75 Å². The summed E-state index contributed by atoms with van der Waals surface area (Å²) in [7, 11) is 4.05. The molecule has 4 aromatic rings. The number of ether oxygens (including phenoxy) is 1. The van der Waals surface area contributed by atoms with Crippen LogP contribution in [0.15, 0.2) is 53.3 Å². The van der Waals surface area contributed by atoms with Crippen molar-refractivity contribution < 1.29 is 4.74 Å². The quantitative estimate of drug-likeness (QED) is 0.570. The molecule has 1 atom stereocenters. The van der Waals surface area contributed by atoms with Gasteiger partial charge in [-0.3, -0.25) is 9.13 Å². The van der Waals surface area contributed by atoms with Gasteiger partial charge < -0.3 is 10.5 Å². The molecule has 0 saturated carbocycles. The van der Waals surface area contributed by atoms with Crippen LogP contribution < -0.4 is 16.0 Å². The van der Waals surface area contributed by atoms with Crippen molar-refractivity contribution in [3.05, 3.63) is 58.9 Å². The van der Waals surface area contributed by atoms with Gasteiger partial charge in [0.15, 0.2) is 0 Å². The van der Waals surface area contributed by atoms with Crippen LogP contribution in [0.2, 0.25) is 0 Å². The number of hydrogen-bond acceptors (Lipinski definition) is 4. The first kappa shape index (κ1) is 14.7. The molecule has 0 bridgehead atoms. The number of nitrogens with zero attached hydrogens (tertiary/aromatic N) is 3. The molecule has 24 heavy (non-hydrogen) atoms. The molecular weight excluding hydrogens is 323 g/mol. The number of nitrogen functional groups attached to an aromatic ring is 1. The number of hydrogen-bond donors (Lipinski definition) is 1. The zero-order chi connectivity index (χ0) is 16.8. The van der Waals surface area contributed by atoms with E-state index in [2.05, 4.69) is 14.5 Å². The van der Waals surface area contributed by atoms with Crippen LogP contribution >= 0.6 is 9.39 Å². The summed E-state index contributed by atoms with van der Waals surface area (Å²) < 4.78 is 8.28. The van der Waals surface area contributed by atoms with Gasteiger partial charge in [0.1, 0.15) is 22.5 Å². The first-order valence-corrected chi connectivity index (χ1v) is 7.85. The lowest BCUT2D eigenvalue weighted by Gasteiger charge is -2.05. The molecule has 7 heteroatoms. The van der Waals surface area contributed by atoms with Crippen molar-refractivity contribution in [3.63, 3.8) is 0 Å². The summed E-state index contributed by atoms with van der Waals surface area (Å²) in [6.45, 7) is 0. The van der Waals surface area contributed by atoms with E-state index in [0.29, 0.717) is 16.7 Å². The van der Waals surface area contributed by atoms with Gasteiger partial charge in [0.05, 0.1) is 18.3 Å². The first-order chi connectivity index (χ1) is 11.6. The van der Waals surface area contributed by atoms with E-state index < -0.39 is 0 Å². The summed E-state index contributed by atoms with van der Waals surface area (Å²) in [6, 6.07) is 15.0. The number of aromatic nitrogens is 3. The largest absolute Gasteiger partial charge is 0.497 e. The van der Waals surface area contributed by atoms with E-state index in [1.807, 2.05) is 48.5 Å². The number of pyridine rings is 1. The maximum absolute atomic E-state index is 12.7. The molecule has 0 aliphatic carbocycles. The normalized spacial score (nSPS) is 11.2. The average molecular weight is 338 g/mol. The van der Waals surface area contributed by atoms with Gasteiger partial charge in [-0.1, -0.05) is 18.2 Å². The summed E-state index contributed by atoms with van der Waals surface area (Å²) in [4.78, 5) is 12.7. The average Bonchev–Trinajstić information content (AvgIpc) is 2.97. The van der Waals surface area contributed by atoms with E-state index in [-0.39, 0.29) is 5.56 Å². The summed E-state index contributed by atoms with van der Waals surface area (Å²) >= 11 is 0. The molecule has 0 saturated heterocycles. The minimum Gasteiger partial charge on any atom is -0.497 e. The minimum absolute atomic E-state index is 0.189. The van der Waals surface area contributed by atoms with Crippen molar-refractivity contribution in [1.29, 1.82) is 0 Å². The van der Waals surface area contributed by atoms with Crippen LogP contribution in [0.1, 0.15) is 0 Å². The third kappa shape index (κ3) is 2.00. The van der Waals surface area contributed by atoms with E-state index in [4.69, 9.17) is 10.5 Å². The predicted molar refractivity (Wildman–Crippen MR) is 98.9 cm³/mol. The Labute approximate surface area is 139 Å². The Morgan fingerprint density at radius 3 is 2.54 bits per heavy atom. The molecule has 120 valence electrons. The summed E-state index contributed by atoms with van der Waals surface area (Å²) in [6.07, 6.45) is 0. The molecule has 2 N–H and O–H groups in total.